The molecular weight excluding hydrogens is 260 g/mol. The number of para-hydroxylation sites is 1. The molecule has 0 N–H and O–H groups in total. The van der Waals surface area contributed by atoms with E-state index in [9.17, 15) is 5.26 Å². The first-order valence-electron chi connectivity index (χ1n) is 5.56. The Morgan fingerprint density at radius 2 is 1.95 bits per heavy atom. The van der Waals surface area contributed by atoms with Gasteiger partial charge in [-0.15, -0.1) is 0 Å². The first-order valence-corrected chi connectivity index (χ1v) is 5.93. The fraction of sp³-hybridized carbons (Fsp3) is 0. The molecule has 0 fully saturated rings. The van der Waals surface area contributed by atoms with Gasteiger partial charge >= 0.3 is 0 Å². The second kappa shape index (κ2) is 4.63. The minimum Gasteiger partial charge on any atom is -0.259 e. The maximum Gasteiger partial charge on any atom is 0.150 e. The number of halogens is 1. The second-order valence-electron chi connectivity index (χ2n) is 3.92. The molecule has 0 spiro atoms. The van der Waals surface area contributed by atoms with Crippen LogP contribution in [0.3, 0.4) is 0 Å². The molecule has 2 heterocycles. The molecule has 4 nitrogen and oxygen atoms in total. The third kappa shape index (κ3) is 2.12. The molecule has 0 unspecified atom stereocenters. The van der Waals surface area contributed by atoms with Crippen molar-refractivity contribution >= 4 is 22.5 Å². The lowest BCUT2D eigenvalue weighted by Gasteiger charge is -2.05. The summed E-state index contributed by atoms with van der Waals surface area (Å²) >= 11 is 5.83. The summed E-state index contributed by atoms with van der Waals surface area (Å²) < 4.78 is 0. The third-order valence-corrected chi connectivity index (χ3v) is 2.89. The van der Waals surface area contributed by atoms with Crippen molar-refractivity contribution in [2.75, 3.05) is 0 Å². The molecule has 19 heavy (non-hydrogen) atoms. The highest BCUT2D eigenvalue weighted by molar-refractivity contribution is 6.29. The normalized spacial score (nSPS) is 10.3. The number of fused-ring (bicyclic) bond motifs is 1. The van der Waals surface area contributed by atoms with Crippen molar-refractivity contribution in [3.63, 3.8) is 0 Å². The van der Waals surface area contributed by atoms with Crippen LogP contribution >= 0.6 is 11.6 Å². The molecule has 1 aromatic carbocycles. The molecule has 0 aliphatic rings. The molecule has 5 heteroatoms. The van der Waals surface area contributed by atoms with Crippen molar-refractivity contribution < 1.29 is 0 Å². The second-order valence-corrected chi connectivity index (χ2v) is 4.30. The molecule has 0 amide bonds. The number of hydrogen-bond donors (Lipinski definition) is 0. The highest BCUT2D eigenvalue weighted by Crippen LogP contribution is 2.25. The van der Waals surface area contributed by atoms with E-state index in [0.717, 1.165) is 10.9 Å². The summed E-state index contributed by atoms with van der Waals surface area (Å²) in [7, 11) is 0. The zero-order valence-corrected chi connectivity index (χ0v) is 10.5. The van der Waals surface area contributed by atoms with Crippen LogP contribution in [0.1, 0.15) is 5.69 Å². The first-order chi connectivity index (χ1) is 9.28. The van der Waals surface area contributed by atoms with Crippen LogP contribution < -0.4 is 0 Å². The van der Waals surface area contributed by atoms with Crippen molar-refractivity contribution in [1.82, 2.24) is 15.0 Å². The Bertz CT molecular complexity index is 808. The number of hydrogen-bond acceptors (Lipinski definition) is 4. The lowest BCUT2D eigenvalue weighted by atomic mass is 10.1. The van der Waals surface area contributed by atoms with Gasteiger partial charge in [0.25, 0.3) is 0 Å². The molecule has 0 aliphatic carbocycles. The summed E-state index contributed by atoms with van der Waals surface area (Å²) in [5.74, 6) is 0. The quantitative estimate of drug-likeness (QED) is 0.678. The lowest BCUT2D eigenvalue weighted by molar-refractivity contribution is 1.19. The van der Waals surface area contributed by atoms with Crippen molar-refractivity contribution in [2.45, 2.75) is 0 Å². The fourth-order valence-electron chi connectivity index (χ4n) is 1.87. The molecule has 2 aromatic heterocycles. The fourth-order valence-corrected chi connectivity index (χ4v) is 2.02. The van der Waals surface area contributed by atoms with Crippen molar-refractivity contribution in [2.24, 2.45) is 0 Å². The zero-order valence-electron chi connectivity index (χ0n) is 9.71. The number of benzene rings is 1. The lowest BCUT2D eigenvalue weighted by Crippen LogP contribution is -1.93. The third-order valence-electron chi connectivity index (χ3n) is 2.71. The zero-order chi connectivity index (χ0) is 13.2. The van der Waals surface area contributed by atoms with Gasteiger partial charge in [0.1, 0.15) is 11.2 Å². The molecule has 0 aliphatic heterocycles. The van der Waals surface area contributed by atoms with E-state index in [0.29, 0.717) is 17.0 Å². The van der Waals surface area contributed by atoms with Crippen molar-refractivity contribution in [3.05, 3.63) is 53.6 Å². The van der Waals surface area contributed by atoms with Gasteiger partial charge < -0.3 is 0 Å². The Kier molecular flexibility index (Phi) is 2.82. The van der Waals surface area contributed by atoms with E-state index >= 15 is 0 Å². The van der Waals surface area contributed by atoms with E-state index in [-0.39, 0.29) is 5.15 Å². The predicted molar refractivity (Wildman–Crippen MR) is 72.5 cm³/mol. The summed E-state index contributed by atoms with van der Waals surface area (Å²) in [5, 5.41) is 10.4. The Morgan fingerprint density at radius 1 is 1.11 bits per heavy atom. The predicted octanol–water partition coefficient (Wildman–Crippen LogP) is 3.22. The topological polar surface area (TPSA) is 62.5 Å². The monoisotopic (exact) mass is 266 g/mol. The van der Waals surface area contributed by atoms with Gasteiger partial charge in [0, 0.05) is 10.9 Å². The van der Waals surface area contributed by atoms with E-state index in [1.54, 1.807) is 6.20 Å². The molecular formula is C14H7ClN4. The minimum absolute atomic E-state index is 0.287. The van der Waals surface area contributed by atoms with E-state index in [1.165, 1.54) is 6.20 Å². The van der Waals surface area contributed by atoms with Gasteiger partial charge in [-0.25, -0.2) is 9.97 Å². The summed E-state index contributed by atoms with van der Waals surface area (Å²) in [5.41, 5.74) is 2.27. The average Bonchev–Trinajstić information content (AvgIpc) is 2.46. The van der Waals surface area contributed by atoms with Gasteiger partial charge in [-0.05, 0) is 12.1 Å². The number of nitrogens with zero attached hydrogens (tertiary/aromatic N) is 4. The first kappa shape index (κ1) is 11.6. The van der Waals surface area contributed by atoms with Crippen LogP contribution in [-0.4, -0.2) is 15.0 Å². The Hall–Kier alpha value is -2.51. The van der Waals surface area contributed by atoms with E-state index < -0.39 is 0 Å². The molecule has 0 bridgehead atoms. The summed E-state index contributed by atoms with van der Waals surface area (Å²) in [6.07, 6.45) is 3.02. The van der Waals surface area contributed by atoms with Gasteiger partial charge in [0.2, 0.25) is 0 Å². The van der Waals surface area contributed by atoms with E-state index in [1.807, 2.05) is 30.3 Å². The average molecular weight is 267 g/mol. The summed E-state index contributed by atoms with van der Waals surface area (Å²) in [6, 6.07) is 11.6. The molecule has 3 rings (SSSR count). The van der Waals surface area contributed by atoms with Gasteiger partial charge in [-0.2, -0.15) is 5.26 Å². The Labute approximate surface area is 114 Å². The number of aromatic nitrogens is 3. The van der Waals surface area contributed by atoms with Gasteiger partial charge in [0.15, 0.2) is 5.69 Å². The highest BCUT2D eigenvalue weighted by atomic mass is 35.5. The largest absolute Gasteiger partial charge is 0.259 e. The summed E-state index contributed by atoms with van der Waals surface area (Å²) in [4.78, 5) is 12.5. The molecule has 0 atom stereocenters. The highest BCUT2D eigenvalue weighted by Gasteiger charge is 2.10. The van der Waals surface area contributed by atoms with Gasteiger partial charge in [-0.1, -0.05) is 29.8 Å². The minimum atomic E-state index is 0.287. The smallest absolute Gasteiger partial charge is 0.150 e. The molecule has 90 valence electrons. The van der Waals surface area contributed by atoms with Crippen LogP contribution in [0.5, 0.6) is 0 Å². The molecule has 3 aromatic rings. The molecule has 0 saturated heterocycles. The van der Waals surface area contributed by atoms with Crippen molar-refractivity contribution in [1.29, 1.82) is 5.26 Å². The van der Waals surface area contributed by atoms with Gasteiger partial charge in [0.05, 0.1) is 23.6 Å². The van der Waals surface area contributed by atoms with Crippen LogP contribution in [0.4, 0.5) is 0 Å². The SMILES string of the molecule is N#Cc1nc2ccccc2cc1-c1cncc(Cl)n1. The van der Waals surface area contributed by atoms with E-state index in [4.69, 9.17) is 11.6 Å². The number of nitriles is 1. The maximum absolute atomic E-state index is 9.21. The Morgan fingerprint density at radius 3 is 2.74 bits per heavy atom. The Balaban J connectivity index is 2.31. The van der Waals surface area contributed by atoms with Crippen molar-refractivity contribution in [3.8, 4) is 17.3 Å². The van der Waals surface area contributed by atoms with Crippen LogP contribution in [-0.2, 0) is 0 Å². The van der Waals surface area contributed by atoms with Gasteiger partial charge in [-0.3, -0.25) is 4.98 Å². The van der Waals surface area contributed by atoms with Crippen LogP contribution in [0.15, 0.2) is 42.7 Å². The van der Waals surface area contributed by atoms with E-state index in [2.05, 4.69) is 21.0 Å². The maximum atomic E-state index is 9.21. The number of pyridine rings is 1. The number of rotatable bonds is 1. The van der Waals surface area contributed by atoms with Crippen LogP contribution in [0.2, 0.25) is 5.15 Å². The van der Waals surface area contributed by atoms with Crippen LogP contribution in [0, 0.1) is 11.3 Å². The molecule has 0 saturated carbocycles. The standard InChI is InChI=1S/C14H7ClN4/c15-14-8-17-7-13(19-14)10-5-9-3-1-2-4-11(9)18-12(10)6-16/h1-5,7-8H. The van der Waals surface area contributed by atoms with Crippen LogP contribution in [0.25, 0.3) is 22.2 Å². The molecule has 0 radical (unpaired) electrons. The summed E-state index contributed by atoms with van der Waals surface area (Å²) in [6.45, 7) is 0.